The number of nitrogens with zero attached hydrogens (tertiary/aromatic N) is 2. The van der Waals surface area contributed by atoms with Gasteiger partial charge in [-0.05, 0) is 37.0 Å². The van der Waals surface area contributed by atoms with Gasteiger partial charge in [0.05, 0.1) is 25.1 Å². The first-order valence-corrected chi connectivity index (χ1v) is 14.5. The monoisotopic (exact) mass is 592 g/mol. The fraction of sp³-hybridized carbons (Fsp3) is 0.560. The summed E-state index contributed by atoms with van der Waals surface area (Å²) >= 11 is 6.34. The van der Waals surface area contributed by atoms with Crippen LogP contribution in [0.15, 0.2) is 24.3 Å². The molecule has 1 aromatic heterocycles. The number of methoxy groups -OCH3 is 1. The summed E-state index contributed by atoms with van der Waals surface area (Å²) in [6, 6.07) is 5.68. The Morgan fingerprint density at radius 1 is 1.18 bits per heavy atom. The van der Waals surface area contributed by atoms with Gasteiger partial charge in [0.1, 0.15) is 5.82 Å². The van der Waals surface area contributed by atoms with E-state index in [1.54, 1.807) is 29.0 Å². The summed E-state index contributed by atoms with van der Waals surface area (Å²) < 4.78 is 70.1. The number of carbonyl (C=O) groups is 2. The van der Waals surface area contributed by atoms with Gasteiger partial charge in [0.15, 0.2) is 5.15 Å². The van der Waals surface area contributed by atoms with Gasteiger partial charge >= 0.3 is 21.5 Å². The third kappa shape index (κ3) is 7.95. The zero-order valence-electron chi connectivity index (χ0n) is 21.7. The molecule has 2 aromatic rings. The number of ether oxygens (including phenoxy) is 1. The second kappa shape index (κ2) is 13.1. The molecule has 0 spiro atoms. The number of hydrogen-bond donors (Lipinski definition) is 2. The number of halogens is 4. The summed E-state index contributed by atoms with van der Waals surface area (Å²) in [5.74, 6) is -1.20. The molecule has 39 heavy (non-hydrogen) atoms. The highest BCUT2D eigenvalue weighted by molar-refractivity contribution is 7.90. The van der Waals surface area contributed by atoms with Gasteiger partial charge in [0.25, 0.3) is 0 Å². The molecule has 1 amide bonds. The minimum atomic E-state index is -5.57. The molecule has 1 saturated carbocycles. The van der Waals surface area contributed by atoms with Crippen LogP contribution in [-0.2, 0) is 43.7 Å². The van der Waals surface area contributed by atoms with Crippen LogP contribution in [-0.4, -0.2) is 48.5 Å². The van der Waals surface area contributed by atoms with Crippen LogP contribution in [0.25, 0.3) is 0 Å². The maximum Gasteiger partial charge on any atom is 0.511 e. The number of alkyl halides is 3. The predicted octanol–water partition coefficient (Wildman–Crippen LogP) is 4.58. The Morgan fingerprint density at radius 3 is 2.46 bits per heavy atom. The molecule has 1 heterocycles. The highest BCUT2D eigenvalue weighted by Gasteiger charge is 2.48. The average molecular weight is 593 g/mol. The van der Waals surface area contributed by atoms with Gasteiger partial charge in [0, 0.05) is 24.7 Å². The van der Waals surface area contributed by atoms with Crippen molar-refractivity contribution in [3.8, 4) is 0 Å². The molecule has 1 aliphatic carbocycles. The SMILES string of the molecule is CCCCc1nc(Cl)c(CC(=O)OC)n1Cc1ccc(NC(=O)[C@H]2CCCCC2NS(=O)(=O)C(F)(F)F)cc1. The zero-order valence-corrected chi connectivity index (χ0v) is 23.3. The molecule has 1 unspecified atom stereocenters. The van der Waals surface area contributed by atoms with Crippen LogP contribution >= 0.6 is 11.6 Å². The number of amides is 1. The van der Waals surface area contributed by atoms with Crippen molar-refractivity contribution in [3.63, 3.8) is 0 Å². The van der Waals surface area contributed by atoms with E-state index in [-0.39, 0.29) is 24.4 Å². The summed E-state index contributed by atoms with van der Waals surface area (Å²) in [6.07, 6.45) is 3.98. The van der Waals surface area contributed by atoms with Gasteiger partial charge in [-0.3, -0.25) is 9.59 Å². The first kappa shape index (κ1) is 30.9. The molecule has 1 aromatic carbocycles. The molecule has 14 heteroatoms. The molecule has 2 atom stereocenters. The minimum absolute atomic E-state index is 0.0384. The Hall–Kier alpha value is -2.64. The Morgan fingerprint density at radius 2 is 1.85 bits per heavy atom. The van der Waals surface area contributed by atoms with Crippen molar-refractivity contribution < 1.29 is 35.9 Å². The highest BCUT2D eigenvalue weighted by Crippen LogP contribution is 2.30. The third-order valence-corrected chi connectivity index (χ3v) is 8.20. The van der Waals surface area contributed by atoms with Gasteiger partial charge in [0.2, 0.25) is 5.91 Å². The standard InChI is InChI=1S/C25H32ClF3N4O5S/c1-3-4-9-21-31-23(26)20(14-22(34)38-2)33(21)15-16-10-12-17(13-11-16)30-24(35)18-7-5-6-8-19(18)32-39(36,37)25(27,28)29/h10-13,18-19,32H,3-9,14-15H2,1-2H3,(H,30,35)/t18-,19?/m0/s1. The molecule has 0 saturated heterocycles. The van der Waals surface area contributed by atoms with Crippen molar-refractivity contribution in [2.75, 3.05) is 12.4 Å². The maximum absolute atomic E-state index is 12.9. The van der Waals surface area contributed by atoms with E-state index in [2.05, 4.69) is 17.2 Å². The number of anilines is 1. The lowest BCUT2D eigenvalue weighted by Crippen LogP contribution is -2.50. The number of aryl methyl sites for hydroxylation is 1. The molecular formula is C25H32ClF3N4O5S. The van der Waals surface area contributed by atoms with Crippen LogP contribution in [0.2, 0.25) is 5.15 Å². The smallest absolute Gasteiger partial charge is 0.469 e. The number of carbonyl (C=O) groups excluding carboxylic acids is 2. The molecule has 2 N–H and O–H groups in total. The molecule has 1 fully saturated rings. The van der Waals surface area contributed by atoms with Gasteiger partial charge in [-0.2, -0.15) is 13.2 Å². The van der Waals surface area contributed by atoms with E-state index in [4.69, 9.17) is 16.3 Å². The molecule has 0 radical (unpaired) electrons. The summed E-state index contributed by atoms with van der Waals surface area (Å²) in [6.45, 7) is 2.42. The minimum Gasteiger partial charge on any atom is -0.469 e. The van der Waals surface area contributed by atoms with Crippen LogP contribution in [0.4, 0.5) is 18.9 Å². The van der Waals surface area contributed by atoms with Crippen LogP contribution < -0.4 is 10.0 Å². The number of nitrogens with one attached hydrogen (secondary N) is 2. The average Bonchev–Trinajstić information content (AvgIpc) is 3.16. The molecule has 1 aliphatic rings. The van der Waals surface area contributed by atoms with Gasteiger partial charge in [-0.15, -0.1) is 0 Å². The highest BCUT2D eigenvalue weighted by atomic mass is 35.5. The third-order valence-electron chi connectivity index (χ3n) is 6.67. The largest absolute Gasteiger partial charge is 0.511 e. The molecule has 9 nitrogen and oxygen atoms in total. The van der Waals surface area contributed by atoms with Crippen molar-refractivity contribution in [2.24, 2.45) is 5.92 Å². The van der Waals surface area contributed by atoms with E-state index in [9.17, 15) is 31.2 Å². The summed E-state index contributed by atoms with van der Waals surface area (Å²) in [7, 11) is -4.27. The second-order valence-corrected chi connectivity index (χ2v) is 11.5. The first-order valence-electron chi connectivity index (χ1n) is 12.6. The van der Waals surface area contributed by atoms with Crippen LogP contribution in [0.1, 0.15) is 62.5 Å². The van der Waals surface area contributed by atoms with Crippen molar-refractivity contribution in [1.29, 1.82) is 0 Å². The Labute approximate surface area is 230 Å². The Balaban J connectivity index is 1.73. The quantitative estimate of drug-likeness (QED) is 0.369. The lowest BCUT2D eigenvalue weighted by Gasteiger charge is -2.31. The van der Waals surface area contributed by atoms with Crippen LogP contribution in [0.5, 0.6) is 0 Å². The topological polar surface area (TPSA) is 119 Å². The van der Waals surface area contributed by atoms with Gasteiger partial charge in [-0.1, -0.05) is 49.9 Å². The molecule has 3 rings (SSSR count). The zero-order chi connectivity index (χ0) is 28.8. The molecular weight excluding hydrogens is 561 g/mol. The van der Waals surface area contributed by atoms with E-state index in [0.717, 1.165) is 24.2 Å². The van der Waals surface area contributed by atoms with Crippen molar-refractivity contribution >= 4 is 39.2 Å². The maximum atomic E-state index is 12.9. The van der Waals surface area contributed by atoms with E-state index >= 15 is 0 Å². The lowest BCUT2D eigenvalue weighted by molar-refractivity contribution is -0.139. The van der Waals surface area contributed by atoms with Gasteiger partial charge < -0.3 is 14.6 Å². The summed E-state index contributed by atoms with van der Waals surface area (Å²) in [5.41, 5.74) is -3.67. The first-order chi connectivity index (χ1) is 18.4. The van der Waals surface area contributed by atoms with E-state index < -0.39 is 39.4 Å². The summed E-state index contributed by atoms with van der Waals surface area (Å²) in [5, 5.41) is 2.92. The van der Waals surface area contributed by atoms with Crippen molar-refractivity contribution in [3.05, 3.63) is 46.5 Å². The van der Waals surface area contributed by atoms with Crippen molar-refractivity contribution in [1.82, 2.24) is 14.3 Å². The summed E-state index contributed by atoms with van der Waals surface area (Å²) in [4.78, 5) is 29.3. The second-order valence-electron chi connectivity index (χ2n) is 9.46. The van der Waals surface area contributed by atoms with E-state index in [1.165, 1.54) is 7.11 Å². The normalized spacial score (nSPS) is 18.1. The number of imidazole rings is 1. The van der Waals surface area contributed by atoms with E-state index in [0.29, 0.717) is 37.2 Å². The van der Waals surface area contributed by atoms with Crippen LogP contribution in [0.3, 0.4) is 0 Å². The molecule has 0 bridgehead atoms. The number of benzene rings is 1. The number of aromatic nitrogens is 2. The van der Waals surface area contributed by atoms with E-state index in [1.807, 2.05) is 4.57 Å². The predicted molar refractivity (Wildman–Crippen MR) is 140 cm³/mol. The molecule has 216 valence electrons. The Kier molecular flexibility index (Phi) is 10.4. The fourth-order valence-corrected chi connectivity index (χ4v) is 5.64. The number of sulfonamides is 1. The number of unbranched alkanes of at least 4 members (excludes halogenated alkanes) is 1. The number of hydrogen-bond acceptors (Lipinski definition) is 6. The fourth-order valence-electron chi connectivity index (χ4n) is 4.56. The number of esters is 1. The number of rotatable bonds is 11. The van der Waals surface area contributed by atoms with Gasteiger partial charge in [-0.25, -0.2) is 18.1 Å². The lowest BCUT2D eigenvalue weighted by atomic mass is 9.84. The van der Waals surface area contributed by atoms with Crippen molar-refractivity contribution in [2.45, 2.75) is 76.4 Å². The molecule has 0 aliphatic heterocycles. The Bertz CT molecular complexity index is 1270. The van der Waals surface area contributed by atoms with Crippen LogP contribution in [0, 0.1) is 5.92 Å².